The van der Waals surface area contributed by atoms with Gasteiger partial charge in [0.15, 0.2) is 0 Å². The van der Waals surface area contributed by atoms with Crippen LogP contribution in [0.2, 0.25) is 5.02 Å². The van der Waals surface area contributed by atoms with E-state index in [1.54, 1.807) is 36.4 Å². The molecule has 0 bridgehead atoms. The molecule has 3 rings (SSSR count). The van der Waals surface area contributed by atoms with E-state index in [0.29, 0.717) is 35.8 Å². The predicted octanol–water partition coefficient (Wildman–Crippen LogP) is 3.14. The summed E-state index contributed by atoms with van der Waals surface area (Å²) in [5, 5.41) is 3.19. The lowest BCUT2D eigenvalue weighted by molar-refractivity contribution is -0.119. The highest BCUT2D eigenvalue weighted by molar-refractivity contribution is 7.89. The first kappa shape index (κ1) is 18.7. The maximum atomic E-state index is 12.9. The Morgan fingerprint density at radius 3 is 2.65 bits per heavy atom. The molecule has 1 fully saturated rings. The third-order valence-corrected chi connectivity index (χ3v) is 6.43. The van der Waals surface area contributed by atoms with E-state index in [1.165, 1.54) is 23.5 Å². The highest BCUT2D eigenvalue weighted by atomic mass is 35.5. The number of hydrogen-bond acceptors (Lipinski definition) is 4. The Hall–Kier alpha value is -2.09. The van der Waals surface area contributed by atoms with Gasteiger partial charge in [0.2, 0.25) is 15.9 Å². The minimum Gasteiger partial charge on any atom is -0.495 e. The van der Waals surface area contributed by atoms with Crippen molar-refractivity contribution in [3.8, 4) is 5.75 Å². The highest BCUT2D eigenvalue weighted by Crippen LogP contribution is 2.30. The summed E-state index contributed by atoms with van der Waals surface area (Å²) >= 11 is 5.99. The molecule has 1 unspecified atom stereocenters. The molecule has 0 spiro atoms. The molecule has 1 aliphatic rings. The van der Waals surface area contributed by atoms with Crippen molar-refractivity contribution in [2.75, 3.05) is 19.0 Å². The largest absolute Gasteiger partial charge is 0.495 e. The number of hydrogen-bond donors (Lipinski definition) is 1. The lowest BCUT2D eigenvalue weighted by Gasteiger charge is -2.23. The summed E-state index contributed by atoms with van der Waals surface area (Å²) < 4.78 is 32.2. The number of nitrogens with one attached hydrogen (secondary N) is 1. The van der Waals surface area contributed by atoms with Crippen LogP contribution in [-0.4, -0.2) is 38.3 Å². The molecular weight excluding hydrogens is 376 g/mol. The zero-order valence-corrected chi connectivity index (χ0v) is 15.8. The van der Waals surface area contributed by atoms with E-state index >= 15 is 0 Å². The summed E-state index contributed by atoms with van der Waals surface area (Å²) in [4.78, 5) is 12.9. The van der Waals surface area contributed by atoms with E-state index in [-0.39, 0.29) is 4.90 Å². The number of nitrogens with zero attached hydrogens (tertiary/aromatic N) is 1. The van der Waals surface area contributed by atoms with Crippen molar-refractivity contribution in [3.63, 3.8) is 0 Å². The van der Waals surface area contributed by atoms with Gasteiger partial charge in [-0.2, -0.15) is 4.31 Å². The van der Waals surface area contributed by atoms with Crippen LogP contribution in [0.25, 0.3) is 0 Å². The van der Waals surface area contributed by atoms with Gasteiger partial charge in [0.25, 0.3) is 0 Å². The van der Waals surface area contributed by atoms with Gasteiger partial charge in [0, 0.05) is 11.6 Å². The quantitative estimate of drug-likeness (QED) is 0.845. The fourth-order valence-corrected chi connectivity index (χ4v) is 4.86. The smallest absolute Gasteiger partial charge is 0.243 e. The molecule has 6 nitrogen and oxygen atoms in total. The van der Waals surface area contributed by atoms with Crippen LogP contribution in [0, 0.1) is 0 Å². The van der Waals surface area contributed by atoms with Crippen LogP contribution in [0.1, 0.15) is 12.8 Å². The second-order valence-corrected chi connectivity index (χ2v) is 8.25. The first-order valence-electron chi connectivity index (χ1n) is 8.15. The Kier molecular flexibility index (Phi) is 5.50. The number of carbonyl (C=O) groups is 1. The van der Waals surface area contributed by atoms with Crippen LogP contribution < -0.4 is 10.1 Å². The van der Waals surface area contributed by atoms with E-state index in [2.05, 4.69) is 5.32 Å². The summed E-state index contributed by atoms with van der Waals surface area (Å²) in [6, 6.07) is 12.2. The number of methoxy groups -OCH3 is 1. The first-order chi connectivity index (χ1) is 12.4. The second-order valence-electron chi connectivity index (χ2n) is 5.92. The van der Waals surface area contributed by atoms with E-state index < -0.39 is 22.0 Å². The third-order valence-electron chi connectivity index (χ3n) is 4.28. The maximum Gasteiger partial charge on any atom is 0.243 e. The number of rotatable bonds is 5. The number of carbonyl (C=O) groups excluding carboxylic acids is 1. The van der Waals surface area contributed by atoms with Gasteiger partial charge in [-0.15, -0.1) is 0 Å². The molecule has 1 amide bonds. The second kappa shape index (κ2) is 7.65. The molecule has 138 valence electrons. The number of benzene rings is 2. The zero-order valence-electron chi connectivity index (χ0n) is 14.2. The van der Waals surface area contributed by atoms with Crippen LogP contribution in [-0.2, 0) is 14.8 Å². The average molecular weight is 395 g/mol. The Morgan fingerprint density at radius 2 is 1.96 bits per heavy atom. The molecule has 0 radical (unpaired) electrons. The predicted molar refractivity (Wildman–Crippen MR) is 100.0 cm³/mol. The Morgan fingerprint density at radius 1 is 1.23 bits per heavy atom. The molecule has 1 aliphatic heterocycles. The van der Waals surface area contributed by atoms with Gasteiger partial charge in [-0.05, 0) is 43.2 Å². The van der Waals surface area contributed by atoms with Gasteiger partial charge in [-0.25, -0.2) is 8.42 Å². The average Bonchev–Trinajstić information content (AvgIpc) is 3.13. The van der Waals surface area contributed by atoms with Gasteiger partial charge in [0.1, 0.15) is 11.8 Å². The summed E-state index contributed by atoms with van der Waals surface area (Å²) in [6.07, 6.45) is 1.08. The van der Waals surface area contributed by atoms with Crippen molar-refractivity contribution in [2.24, 2.45) is 0 Å². The van der Waals surface area contributed by atoms with Crippen LogP contribution in [0.5, 0.6) is 5.75 Å². The van der Waals surface area contributed by atoms with Crippen molar-refractivity contribution in [3.05, 3.63) is 53.6 Å². The maximum absolute atomic E-state index is 12.9. The van der Waals surface area contributed by atoms with E-state index in [9.17, 15) is 13.2 Å². The van der Waals surface area contributed by atoms with Gasteiger partial charge in [0.05, 0.1) is 17.7 Å². The van der Waals surface area contributed by atoms with Gasteiger partial charge in [-0.3, -0.25) is 4.79 Å². The molecule has 0 aromatic heterocycles. The zero-order chi connectivity index (χ0) is 18.7. The molecule has 8 heteroatoms. The summed E-state index contributed by atoms with van der Waals surface area (Å²) in [7, 11) is -2.25. The topological polar surface area (TPSA) is 75.7 Å². The number of amides is 1. The van der Waals surface area contributed by atoms with Crippen molar-refractivity contribution < 1.29 is 17.9 Å². The molecule has 2 aromatic carbocycles. The summed E-state index contributed by atoms with van der Waals surface area (Å²) in [5.74, 6) is 0.0563. The number of ether oxygens (including phenoxy) is 1. The van der Waals surface area contributed by atoms with Crippen molar-refractivity contribution >= 4 is 33.2 Å². The third kappa shape index (κ3) is 3.70. The molecule has 1 N–H and O–H groups in total. The standard InChI is InChI=1S/C18H19ClN2O4S/c1-25-17-10-9-13(19)12-15(17)20-18(22)16-8-5-11-21(16)26(23,24)14-6-3-2-4-7-14/h2-4,6-7,9-10,12,16H,5,8,11H2,1H3,(H,20,22). The van der Waals surface area contributed by atoms with Crippen molar-refractivity contribution in [1.82, 2.24) is 4.31 Å². The van der Waals surface area contributed by atoms with Crippen LogP contribution >= 0.6 is 11.6 Å². The molecule has 26 heavy (non-hydrogen) atoms. The number of anilines is 1. The Bertz CT molecular complexity index is 903. The number of sulfonamides is 1. The molecule has 0 aliphatic carbocycles. The van der Waals surface area contributed by atoms with E-state index in [4.69, 9.17) is 16.3 Å². The van der Waals surface area contributed by atoms with Gasteiger partial charge < -0.3 is 10.1 Å². The number of halogens is 1. The summed E-state index contributed by atoms with van der Waals surface area (Å²) in [5.41, 5.74) is 0.411. The molecule has 1 heterocycles. The molecule has 1 atom stereocenters. The summed E-state index contributed by atoms with van der Waals surface area (Å²) in [6.45, 7) is 0.308. The van der Waals surface area contributed by atoms with Crippen molar-refractivity contribution in [1.29, 1.82) is 0 Å². The van der Waals surface area contributed by atoms with Crippen LogP contribution in [0.15, 0.2) is 53.4 Å². The Balaban J connectivity index is 1.85. The van der Waals surface area contributed by atoms with Crippen LogP contribution in [0.4, 0.5) is 5.69 Å². The first-order valence-corrected chi connectivity index (χ1v) is 9.96. The molecule has 2 aromatic rings. The van der Waals surface area contributed by atoms with E-state index in [1.807, 2.05) is 0 Å². The lowest BCUT2D eigenvalue weighted by Crippen LogP contribution is -2.43. The fraction of sp³-hybridized carbons (Fsp3) is 0.278. The van der Waals surface area contributed by atoms with Crippen molar-refractivity contribution in [2.45, 2.75) is 23.8 Å². The lowest BCUT2D eigenvalue weighted by atomic mass is 10.2. The SMILES string of the molecule is COc1ccc(Cl)cc1NC(=O)C1CCCN1S(=O)(=O)c1ccccc1. The minimum atomic E-state index is -3.73. The molecule has 0 saturated carbocycles. The minimum absolute atomic E-state index is 0.181. The fourth-order valence-electron chi connectivity index (χ4n) is 3.01. The van der Waals surface area contributed by atoms with E-state index in [0.717, 1.165) is 0 Å². The van der Waals surface area contributed by atoms with Gasteiger partial charge in [-0.1, -0.05) is 29.8 Å². The monoisotopic (exact) mass is 394 g/mol. The van der Waals surface area contributed by atoms with Crippen LogP contribution in [0.3, 0.4) is 0 Å². The highest BCUT2D eigenvalue weighted by Gasteiger charge is 2.39. The Labute approximate surface area is 157 Å². The van der Waals surface area contributed by atoms with Gasteiger partial charge >= 0.3 is 0 Å². The molecule has 1 saturated heterocycles. The normalized spacial score (nSPS) is 17.8. The molecular formula is C18H19ClN2O4S.